The van der Waals surface area contributed by atoms with Crippen LogP contribution in [0.5, 0.6) is 0 Å². The summed E-state index contributed by atoms with van der Waals surface area (Å²) in [6.07, 6.45) is 1.54. The Morgan fingerprint density at radius 3 is 2.72 bits per heavy atom. The van der Waals surface area contributed by atoms with Crippen molar-refractivity contribution in [3.05, 3.63) is 93.6 Å². The van der Waals surface area contributed by atoms with Gasteiger partial charge >= 0.3 is 0 Å². The Morgan fingerprint density at radius 2 is 1.94 bits per heavy atom. The standard InChI is InChI=1S/C23H15Cl2N5O2/c1-13-20(21(31)23-27-22(29-32-23)18-6-4-10-26-28-18)16-5-2-3-7-19(16)30(13)12-14-8-9-15(24)11-17(14)25/h2-11H,12H2,1H3. The topological polar surface area (TPSA) is 86.7 Å². The monoisotopic (exact) mass is 463 g/mol. The molecule has 2 aromatic carbocycles. The normalized spacial score (nSPS) is 11.2. The summed E-state index contributed by atoms with van der Waals surface area (Å²) in [5, 5.41) is 13.6. The first-order valence-electron chi connectivity index (χ1n) is 9.71. The highest BCUT2D eigenvalue weighted by Crippen LogP contribution is 2.30. The van der Waals surface area contributed by atoms with Crippen LogP contribution in [0.4, 0.5) is 0 Å². The maximum Gasteiger partial charge on any atom is 0.299 e. The average molecular weight is 464 g/mol. The molecule has 0 N–H and O–H groups in total. The van der Waals surface area contributed by atoms with Crippen molar-refractivity contribution in [3.63, 3.8) is 0 Å². The molecule has 5 aromatic rings. The van der Waals surface area contributed by atoms with E-state index >= 15 is 0 Å². The van der Waals surface area contributed by atoms with E-state index in [-0.39, 0.29) is 17.5 Å². The molecule has 7 nitrogen and oxygen atoms in total. The molecule has 0 unspecified atom stereocenters. The molecule has 32 heavy (non-hydrogen) atoms. The molecule has 0 saturated heterocycles. The van der Waals surface area contributed by atoms with Crippen molar-refractivity contribution >= 4 is 39.9 Å². The van der Waals surface area contributed by atoms with Crippen molar-refractivity contribution in [3.8, 4) is 11.5 Å². The lowest BCUT2D eigenvalue weighted by molar-refractivity contribution is 0.0994. The van der Waals surface area contributed by atoms with Gasteiger partial charge in [0.15, 0.2) is 0 Å². The molecule has 0 amide bonds. The van der Waals surface area contributed by atoms with Gasteiger partial charge in [0, 0.05) is 39.4 Å². The smallest absolute Gasteiger partial charge is 0.299 e. The fraction of sp³-hybridized carbons (Fsp3) is 0.0870. The average Bonchev–Trinajstić information content (AvgIpc) is 3.40. The van der Waals surface area contributed by atoms with Crippen molar-refractivity contribution in [2.24, 2.45) is 0 Å². The zero-order chi connectivity index (χ0) is 22.2. The van der Waals surface area contributed by atoms with Gasteiger partial charge in [-0.05, 0) is 42.8 Å². The number of hydrogen-bond acceptors (Lipinski definition) is 6. The van der Waals surface area contributed by atoms with E-state index in [0.29, 0.717) is 27.8 Å². The lowest BCUT2D eigenvalue weighted by Gasteiger charge is -2.10. The van der Waals surface area contributed by atoms with E-state index < -0.39 is 0 Å². The fourth-order valence-electron chi connectivity index (χ4n) is 3.69. The molecular formula is C23H15Cl2N5O2. The molecule has 0 spiro atoms. The first kappa shape index (κ1) is 20.4. The third-order valence-electron chi connectivity index (χ3n) is 5.22. The zero-order valence-corrected chi connectivity index (χ0v) is 18.3. The summed E-state index contributed by atoms with van der Waals surface area (Å²) in [6.45, 7) is 2.36. The SMILES string of the molecule is Cc1c(C(=O)c2nc(-c3cccnn3)no2)c2ccccc2n1Cc1ccc(Cl)cc1Cl. The second-order valence-corrected chi connectivity index (χ2v) is 8.00. The highest BCUT2D eigenvalue weighted by Gasteiger charge is 2.26. The van der Waals surface area contributed by atoms with E-state index in [1.165, 1.54) is 0 Å². The number of nitrogens with zero attached hydrogens (tertiary/aromatic N) is 5. The van der Waals surface area contributed by atoms with Crippen LogP contribution >= 0.6 is 23.2 Å². The van der Waals surface area contributed by atoms with E-state index in [1.54, 1.807) is 30.5 Å². The number of aromatic nitrogens is 5. The van der Waals surface area contributed by atoms with Gasteiger partial charge in [0.1, 0.15) is 5.69 Å². The number of para-hydroxylation sites is 1. The molecule has 0 radical (unpaired) electrons. The Kier molecular flexibility index (Phi) is 5.20. The van der Waals surface area contributed by atoms with Gasteiger partial charge in [-0.3, -0.25) is 4.79 Å². The number of rotatable bonds is 5. The Hall–Kier alpha value is -3.55. The van der Waals surface area contributed by atoms with Gasteiger partial charge in [0.25, 0.3) is 11.7 Å². The fourth-order valence-corrected chi connectivity index (χ4v) is 4.16. The van der Waals surface area contributed by atoms with Gasteiger partial charge in [0.05, 0.1) is 5.56 Å². The Balaban J connectivity index is 1.58. The minimum atomic E-state index is -0.359. The summed E-state index contributed by atoms with van der Waals surface area (Å²) < 4.78 is 7.31. The molecule has 5 rings (SSSR count). The van der Waals surface area contributed by atoms with Crippen molar-refractivity contribution in [1.82, 2.24) is 24.9 Å². The van der Waals surface area contributed by atoms with Crippen molar-refractivity contribution in [1.29, 1.82) is 0 Å². The molecule has 0 saturated carbocycles. The quantitative estimate of drug-likeness (QED) is 0.325. The summed E-state index contributed by atoms with van der Waals surface area (Å²) in [7, 11) is 0. The summed E-state index contributed by atoms with van der Waals surface area (Å²) in [6, 6.07) is 16.5. The minimum absolute atomic E-state index is 0.110. The largest absolute Gasteiger partial charge is 0.340 e. The van der Waals surface area contributed by atoms with Gasteiger partial charge in [-0.1, -0.05) is 52.6 Å². The predicted octanol–water partition coefficient (Wildman–Crippen LogP) is 5.38. The Labute approximate surface area is 192 Å². The summed E-state index contributed by atoms with van der Waals surface area (Å²) in [5.74, 6) is -0.265. The van der Waals surface area contributed by atoms with E-state index in [4.69, 9.17) is 27.7 Å². The Bertz CT molecular complexity index is 1460. The molecule has 0 bridgehead atoms. The second-order valence-electron chi connectivity index (χ2n) is 7.16. The molecule has 3 aromatic heterocycles. The molecular weight excluding hydrogens is 449 g/mol. The molecule has 0 aliphatic carbocycles. The molecule has 0 atom stereocenters. The first-order chi connectivity index (χ1) is 15.5. The number of ketones is 1. The van der Waals surface area contributed by atoms with Crippen LogP contribution in [0, 0.1) is 6.92 Å². The summed E-state index contributed by atoms with van der Waals surface area (Å²) in [4.78, 5) is 17.7. The van der Waals surface area contributed by atoms with Gasteiger partial charge in [-0.2, -0.15) is 10.1 Å². The summed E-state index contributed by atoms with van der Waals surface area (Å²) >= 11 is 12.4. The van der Waals surface area contributed by atoms with Crippen LogP contribution in [0.3, 0.4) is 0 Å². The number of carbonyl (C=O) groups is 1. The molecule has 0 aliphatic rings. The van der Waals surface area contributed by atoms with Crippen LogP contribution in [0.15, 0.2) is 65.3 Å². The zero-order valence-electron chi connectivity index (χ0n) is 16.8. The van der Waals surface area contributed by atoms with Gasteiger partial charge < -0.3 is 9.09 Å². The van der Waals surface area contributed by atoms with E-state index in [2.05, 4.69) is 20.3 Å². The van der Waals surface area contributed by atoms with Crippen LogP contribution in [0.25, 0.3) is 22.4 Å². The predicted molar refractivity (Wildman–Crippen MR) is 121 cm³/mol. The van der Waals surface area contributed by atoms with Crippen molar-refractivity contribution in [2.45, 2.75) is 13.5 Å². The molecule has 9 heteroatoms. The van der Waals surface area contributed by atoms with Crippen LogP contribution in [0.2, 0.25) is 10.0 Å². The molecule has 0 fully saturated rings. The van der Waals surface area contributed by atoms with Crippen LogP contribution < -0.4 is 0 Å². The third kappa shape index (κ3) is 3.55. The third-order valence-corrected chi connectivity index (χ3v) is 5.81. The van der Waals surface area contributed by atoms with E-state index in [1.807, 2.05) is 41.8 Å². The lowest BCUT2D eigenvalue weighted by Crippen LogP contribution is -2.07. The first-order valence-corrected chi connectivity index (χ1v) is 10.5. The second kappa shape index (κ2) is 8.18. The minimum Gasteiger partial charge on any atom is -0.340 e. The van der Waals surface area contributed by atoms with E-state index in [9.17, 15) is 4.79 Å². The van der Waals surface area contributed by atoms with Gasteiger partial charge in [-0.15, -0.1) is 5.10 Å². The highest BCUT2D eigenvalue weighted by atomic mass is 35.5. The van der Waals surface area contributed by atoms with Crippen molar-refractivity contribution < 1.29 is 9.32 Å². The van der Waals surface area contributed by atoms with E-state index in [0.717, 1.165) is 22.2 Å². The van der Waals surface area contributed by atoms with Crippen LogP contribution in [-0.2, 0) is 6.54 Å². The Morgan fingerprint density at radius 1 is 1.09 bits per heavy atom. The number of benzene rings is 2. The van der Waals surface area contributed by atoms with Crippen molar-refractivity contribution in [2.75, 3.05) is 0 Å². The highest BCUT2D eigenvalue weighted by molar-refractivity contribution is 6.35. The number of halogens is 2. The maximum atomic E-state index is 13.4. The van der Waals surface area contributed by atoms with Crippen LogP contribution in [0.1, 0.15) is 27.5 Å². The van der Waals surface area contributed by atoms with Gasteiger partial charge in [-0.25, -0.2) is 0 Å². The van der Waals surface area contributed by atoms with Gasteiger partial charge in [0.2, 0.25) is 5.82 Å². The lowest BCUT2D eigenvalue weighted by atomic mass is 10.1. The molecule has 3 heterocycles. The maximum absolute atomic E-state index is 13.4. The summed E-state index contributed by atoms with van der Waals surface area (Å²) in [5.41, 5.74) is 3.48. The number of carbonyl (C=O) groups excluding carboxylic acids is 1. The molecule has 158 valence electrons. The van der Waals surface area contributed by atoms with Crippen LogP contribution in [-0.4, -0.2) is 30.7 Å². The number of fused-ring (bicyclic) bond motifs is 1. The molecule has 0 aliphatic heterocycles. The number of hydrogen-bond donors (Lipinski definition) is 0.